The van der Waals surface area contributed by atoms with Gasteiger partial charge < -0.3 is 19.7 Å². The molecule has 6 heteroatoms. The molecule has 2 aromatic carbocycles. The lowest BCUT2D eigenvalue weighted by Gasteiger charge is -2.21. The number of hydrogen-bond donors (Lipinski definition) is 1. The van der Waals surface area contributed by atoms with Crippen molar-refractivity contribution in [2.45, 2.75) is 13.3 Å². The minimum absolute atomic E-state index is 0.0125. The molecule has 3 rings (SSSR count). The van der Waals surface area contributed by atoms with Crippen LogP contribution in [-0.4, -0.2) is 32.6 Å². The highest BCUT2D eigenvalue weighted by atomic mass is 16.5. The average molecular weight is 368 g/mol. The largest absolute Gasteiger partial charge is 0.497 e. The molecule has 2 aromatic rings. The Morgan fingerprint density at radius 1 is 1.07 bits per heavy atom. The van der Waals surface area contributed by atoms with Crippen molar-refractivity contribution >= 4 is 23.2 Å². The summed E-state index contributed by atoms with van der Waals surface area (Å²) in [5, 5.41) is 2.87. The summed E-state index contributed by atoms with van der Waals surface area (Å²) in [4.78, 5) is 27.2. The van der Waals surface area contributed by atoms with Gasteiger partial charge in [0, 0.05) is 18.3 Å². The molecule has 0 heterocycles. The smallest absolute Gasteiger partial charge is 0.230 e. The number of hydrogen-bond acceptors (Lipinski definition) is 4. The highest BCUT2D eigenvalue weighted by Gasteiger charge is 2.49. The number of anilines is 2. The quantitative estimate of drug-likeness (QED) is 0.814. The number of rotatable bonds is 7. The molecule has 0 aromatic heterocycles. The Bertz CT molecular complexity index is 822. The summed E-state index contributed by atoms with van der Waals surface area (Å²) in [6, 6.07) is 14.7. The van der Waals surface area contributed by atoms with Crippen molar-refractivity contribution in [1.82, 2.24) is 0 Å². The van der Waals surface area contributed by atoms with Crippen LogP contribution in [0.1, 0.15) is 13.3 Å². The SMILES string of the molecule is CCN(C(=O)C1CC1C(=O)Nc1cc(OC)ccc1OC)c1ccccc1. The lowest BCUT2D eigenvalue weighted by Crippen LogP contribution is -2.33. The molecular formula is C21H24N2O4. The Balaban J connectivity index is 1.68. The van der Waals surface area contributed by atoms with E-state index in [1.807, 2.05) is 37.3 Å². The summed E-state index contributed by atoms with van der Waals surface area (Å²) in [7, 11) is 3.10. The van der Waals surface area contributed by atoms with Crippen molar-refractivity contribution in [3.8, 4) is 11.5 Å². The van der Waals surface area contributed by atoms with Gasteiger partial charge in [0.25, 0.3) is 0 Å². The number of carbonyl (C=O) groups excluding carboxylic acids is 2. The molecule has 1 N–H and O–H groups in total. The number of nitrogens with one attached hydrogen (secondary N) is 1. The van der Waals surface area contributed by atoms with Gasteiger partial charge in [0.05, 0.1) is 31.7 Å². The zero-order valence-corrected chi connectivity index (χ0v) is 15.8. The fourth-order valence-electron chi connectivity index (χ4n) is 3.17. The number of para-hydroxylation sites is 1. The highest BCUT2D eigenvalue weighted by Crippen LogP contribution is 2.42. The molecule has 2 amide bonds. The van der Waals surface area contributed by atoms with E-state index in [0.29, 0.717) is 30.2 Å². The van der Waals surface area contributed by atoms with Crippen LogP contribution < -0.4 is 19.7 Å². The first-order valence-corrected chi connectivity index (χ1v) is 8.98. The zero-order chi connectivity index (χ0) is 19.4. The molecule has 0 aliphatic heterocycles. The first-order chi connectivity index (χ1) is 13.1. The molecule has 0 bridgehead atoms. The summed E-state index contributed by atoms with van der Waals surface area (Å²) in [6.07, 6.45) is 0.556. The highest BCUT2D eigenvalue weighted by molar-refractivity contribution is 6.04. The molecule has 0 saturated heterocycles. The fraction of sp³-hybridized carbons (Fsp3) is 0.333. The van der Waals surface area contributed by atoms with E-state index in [-0.39, 0.29) is 23.7 Å². The second kappa shape index (κ2) is 8.12. The van der Waals surface area contributed by atoms with E-state index in [4.69, 9.17) is 9.47 Å². The molecule has 0 spiro atoms. The average Bonchev–Trinajstić information content (AvgIpc) is 3.50. The van der Waals surface area contributed by atoms with Gasteiger partial charge in [-0.25, -0.2) is 0 Å². The maximum Gasteiger partial charge on any atom is 0.230 e. The van der Waals surface area contributed by atoms with Crippen LogP contribution >= 0.6 is 0 Å². The van der Waals surface area contributed by atoms with E-state index < -0.39 is 0 Å². The number of amides is 2. The summed E-state index contributed by atoms with van der Waals surface area (Å²) >= 11 is 0. The minimum atomic E-state index is -0.328. The van der Waals surface area contributed by atoms with Crippen LogP contribution in [0.3, 0.4) is 0 Å². The number of nitrogens with zero attached hydrogens (tertiary/aromatic N) is 1. The Morgan fingerprint density at radius 2 is 1.81 bits per heavy atom. The van der Waals surface area contributed by atoms with Crippen LogP contribution in [0, 0.1) is 11.8 Å². The Morgan fingerprint density at radius 3 is 2.44 bits per heavy atom. The van der Waals surface area contributed by atoms with Crippen molar-refractivity contribution in [3.63, 3.8) is 0 Å². The molecule has 2 unspecified atom stereocenters. The summed E-state index contributed by atoms with van der Waals surface area (Å²) in [6.45, 7) is 2.50. The number of methoxy groups -OCH3 is 2. The number of ether oxygens (including phenoxy) is 2. The number of carbonyl (C=O) groups is 2. The third-order valence-electron chi connectivity index (χ3n) is 4.76. The molecule has 6 nitrogen and oxygen atoms in total. The lowest BCUT2D eigenvalue weighted by atomic mass is 10.2. The van der Waals surface area contributed by atoms with Gasteiger partial charge in [0.1, 0.15) is 11.5 Å². The molecule has 1 fully saturated rings. The normalized spacial score (nSPS) is 17.7. The van der Waals surface area contributed by atoms with Crippen LogP contribution in [0.4, 0.5) is 11.4 Å². The molecule has 1 aliphatic rings. The predicted molar refractivity (Wildman–Crippen MR) is 104 cm³/mol. The molecule has 0 radical (unpaired) electrons. The maximum atomic E-state index is 12.8. The Kier molecular flexibility index (Phi) is 5.64. The van der Waals surface area contributed by atoms with Gasteiger partial charge in [0.15, 0.2) is 0 Å². The van der Waals surface area contributed by atoms with Gasteiger partial charge in [-0.05, 0) is 37.6 Å². The second-order valence-corrected chi connectivity index (χ2v) is 6.42. The minimum Gasteiger partial charge on any atom is -0.497 e. The summed E-state index contributed by atoms with van der Waals surface area (Å²) in [5.74, 6) is 0.362. The van der Waals surface area contributed by atoms with Gasteiger partial charge in [-0.15, -0.1) is 0 Å². The van der Waals surface area contributed by atoms with E-state index in [2.05, 4.69) is 5.32 Å². The zero-order valence-electron chi connectivity index (χ0n) is 15.8. The monoisotopic (exact) mass is 368 g/mol. The van der Waals surface area contributed by atoms with Gasteiger partial charge in [-0.1, -0.05) is 18.2 Å². The fourth-order valence-corrected chi connectivity index (χ4v) is 3.17. The van der Waals surface area contributed by atoms with E-state index in [1.54, 1.807) is 37.3 Å². The van der Waals surface area contributed by atoms with Crippen LogP contribution in [0.5, 0.6) is 11.5 Å². The molecule has 27 heavy (non-hydrogen) atoms. The summed E-state index contributed by atoms with van der Waals surface area (Å²) in [5.41, 5.74) is 1.39. The van der Waals surface area contributed by atoms with Gasteiger partial charge in [0.2, 0.25) is 11.8 Å². The molecule has 1 aliphatic carbocycles. The van der Waals surface area contributed by atoms with Crippen LogP contribution in [0.25, 0.3) is 0 Å². The van der Waals surface area contributed by atoms with Crippen LogP contribution in [0.2, 0.25) is 0 Å². The third kappa shape index (κ3) is 4.05. The topological polar surface area (TPSA) is 67.9 Å². The van der Waals surface area contributed by atoms with Crippen LogP contribution in [0.15, 0.2) is 48.5 Å². The maximum absolute atomic E-state index is 12.8. The van der Waals surface area contributed by atoms with Crippen molar-refractivity contribution in [2.24, 2.45) is 11.8 Å². The second-order valence-electron chi connectivity index (χ2n) is 6.42. The standard InChI is InChI=1S/C21H24N2O4/c1-4-23(14-8-6-5-7-9-14)21(25)17-13-16(17)20(24)22-18-12-15(26-2)10-11-19(18)27-3/h5-12,16-17H,4,13H2,1-3H3,(H,22,24). The van der Waals surface area contributed by atoms with Crippen molar-refractivity contribution < 1.29 is 19.1 Å². The Labute approximate surface area is 159 Å². The van der Waals surface area contributed by atoms with Gasteiger partial charge in [-0.2, -0.15) is 0 Å². The van der Waals surface area contributed by atoms with E-state index in [0.717, 1.165) is 5.69 Å². The number of benzene rings is 2. The predicted octanol–water partition coefficient (Wildman–Crippen LogP) is 3.33. The Hall–Kier alpha value is -3.02. The van der Waals surface area contributed by atoms with E-state index in [9.17, 15) is 9.59 Å². The van der Waals surface area contributed by atoms with E-state index in [1.165, 1.54) is 0 Å². The molecule has 142 valence electrons. The molecule has 1 saturated carbocycles. The van der Waals surface area contributed by atoms with Crippen molar-refractivity contribution in [3.05, 3.63) is 48.5 Å². The third-order valence-corrected chi connectivity index (χ3v) is 4.76. The van der Waals surface area contributed by atoms with Gasteiger partial charge >= 0.3 is 0 Å². The van der Waals surface area contributed by atoms with Gasteiger partial charge in [-0.3, -0.25) is 9.59 Å². The summed E-state index contributed by atoms with van der Waals surface area (Å²) < 4.78 is 10.5. The molecule has 2 atom stereocenters. The molecular weight excluding hydrogens is 344 g/mol. The van der Waals surface area contributed by atoms with Crippen molar-refractivity contribution in [1.29, 1.82) is 0 Å². The van der Waals surface area contributed by atoms with E-state index >= 15 is 0 Å². The first kappa shape index (κ1) is 18.8. The first-order valence-electron chi connectivity index (χ1n) is 8.98. The van der Waals surface area contributed by atoms with Crippen molar-refractivity contribution in [2.75, 3.05) is 31.0 Å². The van der Waals surface area contributed by atoms with Crippen LogP contribution in [-0.2, 0) is 9.59 Å². The lowest BCUT2D eigenvalue weighted by molar-refractivity contribution is -0.123.